The van der Waals surface area contributed by atoms with E-state index in [4.69, 9.17) is 4.52 Å². The Labute approximate surface area is 57.6 Å². The average molecular weight is 133 g/mol. The molecule has 0 aliphatic carbocycles. The van der Waals surface area contributed by atoms with E-state index in [0.29, 0.717) is 5.58 Å². The predicted molar refractivity (Wildman–Crippen MR) is 36.3 cm³/mol. The van der Waals surface area contributed by atoms with Gasteiger partial charge in [-0.3, -0.25) is 0 Å². The zero-order valence-electron chi connectivity index (χ0n) is 5.24. The Morgan fingerprint density at radius 2 is 2.30 bits per heavy atom. The van der Waals surface area contributed by atoms with E-state index in [-0.39, 0.29) is 0 Å². The Kier molecular flexibility index (Phi) is 0.974. The third-order valence-electron chi connectivity index (χ3n) is 1.31. The third kappa shape index (κ3) is 0.673. The molecule has 0 N–H and O–H groups in total. The molecule has 0 saturated carbocycles. The lowest BCUT2D eigenvalue weighted by molar-refractivity contribution is 0.424. The highest BCUT2D eigenvalue weighted by Crippen LogP contribution is 2.10. The quantitative estimate of drug-likeness (QED) is 0.545. The van der Waals surface area contributed by atoms with Crippen molar-refractivity contribution in [3.05, 3.63) is 30.7 Å². The van der Waals surface area contributed by atoms with Gasteiger partial charge in [0.15, 0.2) is 5.58 Å². The van der Waals surface area contributed by atoms with E-state index >= 15 is 0 Å². The lowest BCUT2D eigenvalue weighted by Crippen LogP contribution is -1.70. The van der Waals surface area contributed by atoms with Crippen LogP contribution in [0.3, 0.4) is 0 Å². The molecule has 0 atom stereocenters. The fourth-order valence-corrected chi connectivity index (χ4v) is 0.827. The minimum absolute atomic E-state index is 0.701. The molecule has 0 unspecified atom stereocenters. The average Bonchev–Trinajstić information content (AvgIpc) is 2.33. The lowest BCUT2D eigenvalue weighted by Gasteiger charge is -1.85. The van der Waals surface area contributed by atoms with Crippen LogP contribution in [0.1, 0.15) is 5.56 Å². The summed E-state index contributed by atoms with van der Waals surface area (Å²) in [5.74, 6) is 0. The van der Waals surface area contributed by atoms with Crippen molar-refractivity contribution >= 4 is 11.1 Å². The Morgan fingerprint density at radius 3 is 3.20 bits per heavy atom. The second-order valence-electron chi connectivity index (χ2n) is 2.08. The number of rotatable bonds is 0. The number of nitrogens with zero attached hydrogens (tertiary/aromatic N) is 2. The van der Waals surface area contributed by atoms with Crippen LogP contribution >= 0.6 is 0 Å². The summed E-state index contributed by atoms with van der Waals surface area (Å²) < 4.78 is 4.78. The number of fused-ring (bicyclic) bond motifs is 1. The van der Waals surface area contributed by atoms with E-state index in [9.17, 15) is 0 Å². The van der Waals surface area contributed by atoms with E-state index in [2.05, 4.69) is 17.3 Å². The van der Waals surface area contributed by atoms with Crippen molar-refractivity contribution in [1.82, 2.24) is 10.4 Å². The van der Waals surface area contributed by atoms with Crippen molar-refractivity contribution in [2.24, 2.45) is 0 Å². The van der Waals surface area contributed by atoms with Crippen molar-refractivity contribution in [3.63, 3.8) is 0 Å². The van der Waals surface area contributed by atoms with E-state index in [1.165, 1.54) is 0 Å². The van der Waals surface area contributed by atoms with Gasteiger partial charge in [0, 0.05) is 5.27 Å². The molecule has 3 heteroatoms. The summed E-state index contributed by atoms with van der Waals surface area (Å²) in [5.41, 5.74) is 2.38. The van der Waals surface area contributed by atoms with Gasteiger partial charge in [0.1, 0.15) is 5.52 Å². The fraction of sp³-hybridized carbons (Fsp3) is 0. The zero-order chi connectivity index (χ0) is 6.97. The van der Waals surface area contributed by atoms with Crippen molar-refractivity contribution < 1.29 is 4.52 Å². The summed E-state index contributed by atoms with van der Waals surface area (Å²) in [5, 5.41) is 7.11. The first-order chi connectivity index (χ1) is 4.86. The van der Waals surface area contributed by atoms with E-state index in [0.717, 1.165) is 11.1 Å². The van der Waals surface area contributed by atoms with Crippen molar-refractivity contribution in [1.29, 1.82) is 0 Å². The molecule has 1 heterocycles. The first-order valence-electron chi connectivity index (χ1n) is 2.90. The van der Waals surface area contributed by atoms with Crippen LogP contribution in [0.25, 0.3) is 11.1 Å². The van der Waals surface area contributed by atoms with Gasteiger partial charge in [0.05, 0.1) is 0 Å². The maximum atomic E-state index is 4.78. The van der Waals surface area contributed by atoms with Crippen molar-refractivity contribution in [2.45, 2.75) is 0 Å². The summed E-state index contributed by atoms with van der Waals surface area (Å²) in [7, 11) is 0. The van der Waals surface area contributed by atoms with Crippen LogP contribution in [-0.2, 0) is 0 Å². The molecular weight excluding hydrogens is 128 g/mol. The fourth-order valence-electron chi connectivity index (χ4n) is 0.827. The largest absolute Gasteiger partial charge is 0.337 e. The summed E-state index contributed by atoms with van der Waals surface area (Å²) in [4.78, 5) is 0. The standard InChI is InChI=1S/C7H5N2O/c1-5-2-3-7-6(4-5)8-9-10-7/h2-4H,1H2. The number of aromatic nitrogens is 2. The molecule has 1 aromatic heterocycles. The van der Waals surface area contributed by atoms with Crippen molar-refractivity contribution in [2.75, 3.05) is 0 Å². The Balaban J connectivity index is 2.86. The summed E-state index contributed by atoms with van der Waals surface area (Å²) in [6, 6.07) is 5.48. The van der Waals surface area contributed by atoms with Gasteiger partial charge in [0.25, 0.3) is 0 Å². The zero-order valence-corrected chi connectivity index (χ0v) is 5.24. The lowest BCUT2D eigenvalue weighted by atomic mass is 10.2. The van der Waals surface area contributed by atoms with Crippen molar-refractivity contribution in [3.8, 4) is 0 Å². The van der Waals surface area contributed by atoms with Crippen LogP contribution < -0.4 is 0 Å². The van der Waals surface area contributed by atoms with E-state index < -0.39 is 0 Å². The Hall–Kier alpha value is -1.38. The third-order valence-corrected chi connectivity index (χ3v) is 1.31. The van der Waals surface area contributed by atoms with Gasteiger partial charge in [0.2, 0.25) is 0 Å². The summed E-state index contributed by atoms with van der Waals surface area (Å²) >= 11 is 0. The monoisotopic (exact) mass is 133 g/mol. The molecule has 0 bridgehead atoms. The summed E-state index contributed by atoms with van der Waals surface area (Å²) in [6.45, 7) is 3.74. The smallest absolute Gasteiger partial charge is 0.187 e. The minimum atomic E-state index is 0.701. The van der Waals surface area contributed by atoms with Gasteiger partial charge < -0.3 is 4.52 Å². The topological polar surface area (TPSA) is 38.9 Å². The molecule has 0 aliphatic heterocycles. The molecule has 2 rings (SSSR count). The number of hydrogen-bond acceptors (Lipinski definition) is 3. The molecule has 0 spiro atoms. The van der Waals surface area contributed by atoms with Gasteiger partial charge in [-0.25, -0.2) is 0 Å². The molecule has 1 radical (unpaired) electrons. The number of hydrogen-bond donors (Lipinski definition) is 0. The molecule has 0 amide bonds. The van der Waals surface area contributed by atoms with Gasteiger partial charge in [-0.05, 0) is 24.6 Å². The van der Waals surface area contributed by atoms with Crippen LogP contribution in [0.2, 0.25) is 0 Å². The van der Waals surface area contributed by atoms with Crippen LogP contribution in [0.15, 0.2) is 22.7 Å². The SMILES string of the molecule is [CH2]c1ccc2onnc2c1. The number of benzene rings is 1. The molecule has 10 heavy (non-hydrogen) atoms. The van der Waals surface area contributed by atoms with Gasteiger partial charge in [-0.2, -0.15) is 0 Å². The van der Waals surface area contributed by atoms with Crippen LogP contribution in [0, 0.1) is 6.92 Å². The van der Waals surface area contributed by atoms with Crippen LogP contribution in [0.4, 0.5) is 0 Å². The molecule has 0 saturated heterocycles. The molecule has 3 nitrogen and oxygen atoms in total. The first-order valence-corrected chi connectivity index (χ1v) is 2.90. The highest BCUT2D eigenvalue weighted by molar-refractivity contribution is 5.72. The maximum absolute atomic E-state index is 4.78. The van der Waals surface area contributed by atoms with E-state index in [1.807, 2.05) is 12.1 Å². The molecule has 0 fully saturated rings. The molecule has 2 aromatic rings. The minimum Gasteiger partial charge on any atom is -0.337 e. The molecule has 0 aliphatic rings. The second kappa shape index (κ2) is 1.80. The molecule has 1 aromatic carbocycles. The van der Waals surface area contributed by atoms with Gasteiger partial charge >= 0.3 is 0 Å². The Morgan fingerprint density at radius 1 is 1.40 bits per heavy atom. The molecular formula is C7H5N2O. The summed E-state index contributed by atoms with van der Waals surface area (Å²) in [6.07, 6.45) is 0. The van der Waals surface area contributed by atoms with E-state index in [1.54, 1.807) is 6.07 Å². The maximum Gasteiger partial charge on any atom is 0.187 e. The van der Waals surface area contributed by atoms with Gasteiger partial charge in [-0.15, -0.1) is 5.10 Å². The predicted octanol–water partition coefficient (Wildman–Crippen LogP) is 1.40. The van der Waals surface area contributed by atoms with Crippen LogP contribution in [0.5, 0.6) is 0 Å². The van der Waals surface area contributed by atoms with Crippen LogP contribution in [-0.4, -0.2) is 10.4 Å². The van der Waals surface area contributed by atoms with Gasteiger partial charge in [-0.1, -0.05) is 6.07 Å². The highest BCUT2D eigenvalue weighted by Gasteiger charge is 1.97. The molecule has 49 valence electrons. The first kappa shape index (κ1) is 5.41. The normalized spacial score (nSPS) is 10.5. The highest BCUT2D eigenvalue weighted by atomic mass is 16.5. The Bertz CT molecular complexity index is 353. The second-order valence-corrected chi connectivity index (χ2v) is 2.08.